The molecule has 0 saturated carbocycles. The van der Waals surface area contributed by atoms with E-state index >= 15 is 0 Å². The molecule has 0 aliphatic heterocycles. The van der Waals surface area contributed by atoms with Gasteiger partial charge in [-0.15, -0.1) is 5.10 Å². The minimum Gasteiger partial charge on any atom is -0.477 e. The molecule has 0 aliphatic rings. The molecule has 0 atom stereocenters. The second kappa shape index (κ2) is 7.99. The SMILES string of the molecule is CCc1nc(S/C(=C\c2ccc(-c3cc(Cl)ccc3Cl)o2)C(=O)O)n[nH]1. The van der Waals surface area contributed by atoms with E-state index in [1.165, 1.54) is 6.08 Å². The Kier molecular flexibility index (Phi) is 5.70. The molecule has 0 radical (unpaired) electrons. The van der Waals surface area contributed by atoms with Crippen LogP contribution in [0.25, 0.3) is 17.4 Å². The summed E-state index contributed by atoms with van der Waals surface area (Å²) in [6.07, 6.45) is 2.10. The second-order valence-corrected chi connectivity index (χ2v) is 7.01. The van der Waals surface area contributed by atoms with E-state index in [2.05, 4.69) is 15.2 Å². The Morgan fingerprint density at radius 1 is 1.35 bits per heavy atom. The highest BCUT2D eigenvalue weighted by Crippen LogP contribution is 2.33. The lowest BCUT2D eigenvalue weighted by molar-refractivity contribution is -0.131. The molecule has 26 heavy (non-hydrogen) atoms. The summed E-state index contributed by atoms with van der Waals surface area (Å²) in [5.74, 6) is 0.446. The zero-order valence-corrected chi connectivity index (χ0v) is 15.8. The number of benzene rings is 1. The number of carbonyl (C=O) groups is 1. The van der Waals surface area contributed by atoms with Crippen LogP contribution in [0.4, 0.5) is 0 Å². The summed E-state index contributed by atoms with van der Waals surface area (Å²) < 4.78 is 5.71. The molecule has 0 aliphatic carbocycles. The lowest BCUT2D eigenvalue weighted by atomic mass is 10.2. The van der Waals surface area contributed by atoms with Gasteiger partial charge < -0.3 is 9.52 Å². The molecule has 0 amide bonds. The largest absolute Gasteiger partial charge is 0.477 e. The number of thioether (sulfide) groups is 1. The van der Waals surface area contributed by atoms with Crippen molar-refractivity contribution in [2.24, 2.45) is 0 Å². The van der Waals surface area contributed by atoms with Gasteiger partial charge in [0.2, 0.25) is 5.16 Å². The maximum absolute atomic E-state index is 11.5. The third-order valence-corrected chi connectivity index (χ3v) is 4.79. The van der Waals surface area contributed by atoms with Crippen LogP contribution in [0, 0.1) is 0 Å². The fourth-order valence-electron chi connectivity index (χ4n) is 2.11. The van der Waals surface area contributed by atoms with Crippen molar-refractivity contribution in [1.82, 2.24) is 15.2 Å². The number of nitrogens with zero attached hydrogens (tertiary/aromatic N) is 2. The van der Waals surface area contributed by atoms with Gasteiger partial charge in [-0.1, -0.05) is 30.1 Å². The van der Waals surface area contributed by atoms with E-state index in [-0.39, 0.29) is 4.91 Å². The van der Waals surface area contributed by atoms with Crippen LogP contribution in [-0.2, 0) is 11.2 Å². The van der Waals surface area contributed by atoms with Crippen LogP contribution in [0.2, 0.25) is 10.0 Å². The van der Waals surface area contributed by atoms with E-state index in [0.717, 1.165) is 11.8 Å². The molecule has 9 heteroatoms. The normalized spacial score (nSPS) is 11.7. The number of rotatable bonds is 6. The molecular formula is C17H13Cl2N3O3S. The molecule has 1 aromatic carbocycles. The minimum atomic E-state index is -1.10. The summed E-state index contributed by atoms with van der Waals surface area (Å²) in [4.78, 5) is 15.8. The number of hydrogen-bond acceptors (Lipinski definition) is 5. The predicted molar refractivity (Wildman–Crippen MR) is 101 cm³/mol. The molecule has 3 aromatic rings. The number of carboxylic acid groups (broad SMARTS) is 1. The third kappa shape index (κ3) is 4.30. The Balaban J connectivity index is 1.88. The zero-order valence-electron chi connectivity index (χ0n) is 13.5. The standard InChI is InChI=1S/C17H13Cl2N3O3S/c1-2-15-20-17(22-21-15)26-14(16(23)24)8-10-4-6-13(25-10)11-7-9(18)3-5-12(11)19/h3-8H,2H2,1H3,(H,23,24)(H,20,21,22)/b14-8-. The van der Waals surface area contributed by atoms with Gasteiger partial charge in [0.25, 0.3) is 0 Å². The fraction of sp³-hybridized carbons (Fsp3) is 0.118. The van der Waals surface area contributed by atoms with Crippen molar-refractivity contribution in [2.45, 2.75) is 18.5 Å². The average molecular weight is 410 g/mol. The maximum Gasteiger partial charge on any atom is 0.342 e. The molecule has 0 bridgehead atoms. The highest BCUT2D eigenvalue weighted by molar-refractivity contribution is 8.04. The van der Waals surface area contributed by atoms with Gasteiger partial charge in [-0.2, -0.15) is 0 Å². The van der Waals surface area contributed by atoms with Crippen molar-refractivity contribution in [3.8, 4) is 11.3 Å². The molecule has 2 N–H and O–H groups in total. The van der Waals surface area contributed by atoms with Crippen molar-refractivity contribution >= 4 is 47.0 Å². The zero-order chi connectivity index (χ0) is 18.7. The van der Waals surface area contributed by atoms with Gasteiger partial charge in [-0.05, 0) is 42.1 Å². The van der Waals surface area contributed by atoms with Crippen molar-refractivity contribution in [3.63, 3.8) is 0 Å². The van der Waals surface area contributed by atoms with Crippen molar-refractivity contribution in [2.75, 3.05) is 0 Å². The Morgan fingerprint density at radius 2 is 2.15 bits per heavy atom. The van der Waals surface area contributed by atoms with E-state index in [1.807, 2.05) is 6.92 Å². The number of carboxylic acids is 1. The molecule has 0 unspecified atom stereocenters. The monoisotopic (exact) mass is 409 g/mol. The number of aromatic amines is 1. The highest BCUT2D eigenvalue weighted by atomic mass is 35.5. The summed E-state index contributed by atoms with van der Waals surface area (Å²) in [5.41, 5.74) is 0.630. The lowest BCUT2D eigenvalue weighted by Crippen LogP contribution is -1.97. The van der Waals surface area contributed by atoms with Gasteiger partial charge in [-0.25, -0.2) is 9.78 Å². The van der Waals surface area contributed by atoms with E-state index in [1.54, 1.807) is 30.3 Å². The van der Waals surface area contributed by atoms with E-state index < -0.39 is 5.97 Å². The Labute approximate surface area is 163 Å². The summed E-state index contributed by atoms with van der Waals surface area (Å²) >= 11 is 13.1. The number of nitrogens with one attached hydrogen (secondary N) is 1. The first-order valence-electron chi connectivity index (χ1n) is 7.55. The van der Waals surface area contributed by atoms with Gasteiger partial charge in [-0.3, -0.25) is 5.10 Å². The first-order valence-corrected chi connectivity index (χ1v) is 9.13. The molecule has 3 rings (SSSR count). The molecule has 134 valence electrons. The van der Waals surface area contributed by atoms with E-state index in [0.29, 0.717) is 44.5 Å². The van der Waals surface area contributed by atoms with Crippen LogP contribution in [0.5, 0.6) is 0 Å². The molecule has 0 spiro atoms. The van der Waals surface area contributed by atoms with Crippen LogP contribution >= 0.6 is 35.0 Å². The molecule has 2 aromatic heterocycles. The Bertz CT molecular complexity index is 981. The van der Waals surface area contributed by atoms with Crippen LogP contribution in [-0.4, -0.2) is 26.3 Å². The highest BCUT2D eigenvalue weighted by Gasteiger charge is 2.15. The van der Waals surface area contributed by atoms with Crippen LogP contribution < -0.4 is 0 Å². The number of aromatic nitrogens is 3. The molecule has 6 nitrogen and oxygen atoms in total. The lowest BCUT2D eigenvalue weighted by Gasteiger charge is -2.01. The van der Waals surface area contributed by atoms with Gasteiger partial charge in [0.05, 0.1) is 5.02 Å². The van der Waals surface area contributed by atoms with Crippen LogP contribution in [0.1, 0.15) is 18.5 Å². The minimum absolute atomic E-state index is 0.0322. The maximum atomic E-state index is 11.5. The van der Waals surface area contributed by atoms with Gasteiger partial charge >= 0.3 is 5.97 Å². The van der Waals surface area contributed by atoms with Gasteiger partial charge in [0, 0.05) is 23.1 Å². The predicted octanol–water partition coefficient (Wildman–Crippen LogP) is 5.15. The quantitative estimate of drug-likeness (QED) is 0.431. The molecule has 0 saturated heterocycles. The molecule has 0 fully saturated rings. The molecule has 2 heterocycles. The van der Waals surface area contributed by atoms with Gasteiger partial charge in [0.1, 0.15) is 22.3 Å². The van der Waals surface area contributed by atoms with E-state index in [9.17, 15) is 9.90 Å². The summed E-state index contributed by atoms with van der Waals surface area (Å²) in [6.45, 7) is 1.92. The van der Waals surface area contributed by atoms with Crippen molar-refractivity contribution < 1.29 is 14.3 Å². The number of aliphatic carboxylic acids is 1. The van der Waals surface area contributed by atoms with Gasteiger partial charge in [0.15, 0.2) is 0 Å². The summed E-state index contributed by atoms with van der Waals surface area (Å²) in [7, 11) is 0. The average Bonchev–Trinajstić information content (AvgIpc) is 3.25. The number of aryl methyl sites for hydroxylation is 1. The first kappa shape index (κ1) is 18.6. The first-order chi connectivity index (χ1) is 12.5. The van der Waals surface area contributed by atoms with Crippen molar-refractivity contribution in [3.05, 3.63) is 56.9 Å². The topological polar surface area (TPSA) is 92.0 Å². The fourth-order valence-corrected chi connectivity index (χ4v) is 3.19. The van der Waals surface area contributed by atoms with Crippen LogP contribution in [0.3, 0.4) is 0 Å². The number of H-pyrrole nitrogens is 1. The third-order valence-electron chi connectivity index (χ3n) is 3.35. The summed E-state index contributed by atoms with van der Waals surface area (Å²) in [5, 5.41) is 17.5. The molecular weight excluding hydrogens is 397 g/mol. The van der Waals surface area contributed by atoms with Crippen molar-refractivity contribution in [1.29, 1.82) is 0 Å². The Hall–Kier alpha value is -2.22. The smallest absolute Gasteiger partial charge is 0.342 e. The Morgan fingerprint density at radius 3 is 2.85 bits per heavy atom. The second-order valence-electron chi connectivity index (χ2n) is 5.16. The number of halogens is 2. The number of hydrogen-bond donors (Lipinski definition) is 2. The number of furan rings is 1. The van der Waals surface area contributed by atoms with Crippen LogP contribution in [0.15, 0.2) is 44.8 Å². The summed E-state index contributed by atoms with van der Waals surface area (Å²) in [6, 6.07) is 8.39. The van der Waals surface area contributed by atoms with E-state index in [4.69, 9.17) is 27.6 Å².